The Morgan fingerprint density at radius 1 is 1.38 bits per heavy atom. The van der Waals surface area contributed by atoms with E-state index in [0.717, 1.165) is 29.0 Å². The number of rotatable bonds is 3. The number of hydrogen-bond acceptors (Lipinski definition) is 2. The molecule has 0 spiro atoms. The van der Waals surface area contributed by atoms with Gasteiger partial charge < -0.3 is 4.74 Å². The SMILES string of the molecule is CC(C)C[C@H]1COC(c2ccc(Br)cc2)=N1. The van der Waals surface area contributed by atoms with Crippen molar-refractivity contribution in [1.29, 1.82) is 0 Å². The van der Waals surface area contributed by atoms with Crippen molar-refractivity contribution in [3.05, 3.63) is 34.3 Å². The quantitative estimate of drug-likeness (QED) is 0.829. The number of hydrogen-bond donors (Lipinski definition) is 0. The maximum atomic E-state index is 5.63. The van der Waals surface area contributed by atoms with Crippen LogP contribution in [0, 0.1) is 5.92 Å². The second-order valence-electron chi connectivity index (χ2n) is 4.54. The van der Waals surface area contributed by atoms with Crippen LogP contribution in [-0.2, 0) is 4.74 Å². The first-order valence-electron chi connectivity index (χ1n) is 5.61. The van der Waals surface area contributed by atoms with Crippen LogP contribution in [0.5, 0.6) is 0 Å². The zero-order chi connectivity index (χ0) is 11.5. The average molecular weight is 282 g/mol. The van der Waals surface area contributed by atoms with E-state index in [0.29, 0.717) is 12.0 Å². The fourth-order valence-corrected chi connectivity index (χ4v) is 2.10. The summed E-state index contributed by atoms with van der Waals surface area (Å²) < 4.78 is 6.70. The maximum absolute atomic E-state index is 5.63. The first-order chi connectivity index (χ1) is 7.65. The lowest BCUT2D eigenvalue weighted by molar-refractivity contribution is 0.301. The highest BCUT2D eigenvalue weighted by Gasteiger charge is 2.20. The Labute approximate surface area is 105 Å². The molecule has 86 valence electrons. The molecule has 0 aliphatic carbocycles. The summed E-state index contributed by atoms with van der Waals surface area (Å²) in [5, 5.41) is 0. The van der Waals surface area contributed by atoms with Gasteiger partial charge in [0.25, 0.3) is 0 Å². The highest BCUT2D eigenvalue weighted by molar-refractivity contribution is 9.10. The lowest BCUT2D eigenvalue weighted by atomic mass is 10.1. The number of benzene rings is 1. The largest absolute Gasteiger partial charge is 0.475 e. The van der Waals surface area contributed by atoms with E-state index in [-0.39, 0.29) is 0 Å². The molecule has 1 aromatic rings. The summed E-state index contributed by atoms with van der Waals surface area (Å²) in [6.45, 7) is 5.16. The van der Waals surface area contributed by atoms with Crippen LogP contribution in [0.25, 0.3) is 0 Å². The van der Waals surface area contributed by atoms with E-state index in [4.69, 9.17) is 4.74 Å². The van der Waals surface area contributed by atoms with Gasteiger partial charge in [0.05, 0.1) is 6.04 Å². The van der Waals surface area contributed by atoms with Gasteiger partial charge in [-0.25, -0.2) is 4.99 Å². The molecule has 16 heavy (non-hydrogen) atoms. The molecule has 3 heteroatoms. The van der Waals surface area contributed by atoms with E-state index in [9.17, 15) is 0 Å². The monoisotopic (exact) mass is 281 g/mol. The summed E-state index contributed by atoms with van der Waals surface area (Å²) in [7, 11) is 0. The van der Waals surface area contributed by atoms with Gasteiger partial charge in [-0.2, -0.15) is 0 Å². The number of nitrogens with zero attached hydrogens (tertiary/aromatic N) is 1. The predicted octanol–water partition coefficient (Wildman–Crippen LogP) is 3.64. The Hall–Kier alpha value is -0.830. The molecule has 0 bridgehead atoms. The van der Waals surface area contributed by atoms with Gasteiger partial charge in [-0.15, -0.1) is 0 Å². The van der Waals surface area contributed by atoms with Crippen molar-refractivity contribution < 1.29 is 4.74 Å². The predicted molar refractivity (Wildman–Crippen MR) is 69.9 cm³/mol. The summed E-state index contributed by atoms with van der Waals surface area (Å²) in [5.74, 6) is 1.46. The molecule has 1 aliphatic heterocycles. The molecule has 1 atom stereocenters. The highest BCUT2D eigenvalue weighted by Crippen LogP contribution is 2.19. The third kappa shape index (κ3) is 2.85. The third-order valence-corrected chi connectivity index (χ3v) is 3.08. The molecule has 2 nitrogen and oxygen atoms in total. The maximum Gasteiger partial charge on any atom is 0.216 e. The van der Waals surface area contributed by atoms with Crippen molar-refractivity contribution in [2.24, 2.45) is 10.9 Å². The average Bonchev–Trinajstić information content (AvgIpc) is 2.66. The van der Waals surface area contributed by atoms with Gasteiger partial charge >= 0.3 is 0 Å². The Balaban J connectivity index is 2.08. The molecular formula is C13H16BrNO. The standard InChI is InChI=1S/C13H16BrNO/c1-9(2)7-12-8-16-13(15-12)10-3-5-11(14)6-4-10/h3-6,9,12H,7-8H2,1-2H3/t12-/m0/s1. The minimum atomic E-state index is 0.332. The van der Waals surface area contributed by atoms with Crippen molar-refractivity contribution in [1.82, 2.24) is 0 Å². The molecule has 0 amide bonds. The van der Waals surface area contributed by atoms with Gasteiger partial charge in [-0.3, -0.25) is 0 Å². The van der Waals surface area contributed by atoms with Crippen LogP contribution in [0.15, 0.2) is 33.7 Å². The second kappa shape index (κ2) is 5.00. The van der Waals surface area contributed by atoms with Gasteiger partial charge in [0.15, 0.2) is 0 Å². The van der Waals surface area contributed by atoms with Crippen molar-refractivity contribution in [2.75, 3.05) is 6.61 Å². The molecule has 0 N–H and O–H groups in total. The number of halogens is 1. The zero-order valence-electron chi connectivity index (χ0n) is 9.61. The van der Waals surface area contributed by atoms with E-state index < -0.39 is 0 Å². The fraction of sp³-hybridized carbons (Fsp3) is 0.462. The Bertz CT molecular complexity index is 383. The Kier molecular flexibility index (Phi) is 3.64. The molecule has 2 rings (SSSR count). The molecule has 1 aliphatic rings. The summed E-state index contributed by atoms with van der Waals surface area (Å²) in [5.41, 5.74) is 1.06. The molecule has 0 fully saturated rings. The Morgan fingerprint density at radius 2 is 2.06 bits per heavy atom. The summed E-state index contributed by atoms with van der Waals surface area (Å²) in [6.07, 6.45) is 1.10. The van der Waals surface area contributed by atoms with Gasteiger partial charge in [0.1, 0.15) is 6.61 Å². The highest BCUT2D eigenvalue weighted by atomic mass is 79.9. The number of aliphatic imine (C=N–C) groups is 1. The number of ether oxygens (including phenoxy) is 1. The van der Waals surface area contributed by atoms with E-state index in [1.165, 1.54) is 0 Å². The van der Waals surface area contributed by atoms with Crippen LogP contribution in [0.1, 0.15) is 25.8 Å². The minimum absolute atomic E-state index is 0.332. The molecule has 0 saturated carbocycles. The minimum Gasteiger partial charge on any atom is -0.475 e. The lowest BCUT2D eigenvalue weighted by Gasteiger charge is -2.06. The molecule has 1 heterocycles. The van der Waals surface area contributed by atoms with Crippen LogP contribution in [-0.4, -0.2) is 18.5 Å². The molecule has 0 saturated heterocycles. The van der Waals surface area contributed by atoms with Crippen LogP contribution < -0.4 is 0 Å². The smallest absolute Gasteiger partial charge is 0.216 e. The van der Waals surface area contributed by atoms with Crippen LogP contribution in [0.2, 0.25) is 0 Å². The fourth-order valence-electron chi connectivity index (χ4n) is 1.83. The zero-order valence-corrected chi connectivity index (χ0v) is 11.2. The van der Waals surface area contributed by atoms with E-state index in [1.807, 2.05) is 24.3 Å². The summed E-state index contributed by atoms with van der Waals surface area (Å²) in [4.78, 5) is 4.61. The third-order valence-electron chi connectivity index (χ3n) is 2.55. The van der Waals surface area contributed by atoms with Crippen molar-refractivity contribution in [3.8, 4) is 0 Å². The van der Waals surface area contributed by atoms with Gasteiger partial charge in [0.2, 0.25) is 5.90 Å². The first kappa shape index (κ1) is 11.6. The molecule has 0 aromatic heterocycles. The van der Waals surface area contributed by atoms with E-state index >= 15 is 0 Å². The van der Waals surface area contributed by atoms with Crippen LogP contribution in [0.4, 0.5) is 0 Å². The van der Waals surface area contributed by atoms with Crippen molar-refractivity contribution in [2.45, 2.75) is 26.3 Å². The van der Waals surface area contributed by atoms with Gasteiger partial charge in [-0.1, -0.05) is 29.8 Å². The normalized spacial score (nSPS) is 19.8. The molecular weight excluding hydrogens is 266 g/mol. The molecule has 1 aromatic carbocycles. The summed E-state index contributed by atoms with van der Waals surface area (Å²) in [6, 6.07) is 8.41. The topological polar surface area (TPSA) is 21.6 Å². The Morgan fingerprint density at radius 3 is 2.69 bits per heavy atom. The van der Waals surface area contributed by atoms with E-state index in [1.54, 1.807) is 0 Å². The van der Waals surface area contributed by atoms with Crippen LogP contribution in [0.3, 0.4) is 0 Å². The van der Waals surface area contributed by atoms with Crippen molar-refractivity contribution >= 4 is 21.8 Å². The van der Waals surface area contributed by atoms with E-state index in [2.05, 4.69) is 34.8 Å². The second-order valence-corrected chi connectivity index (χ2v) is 5.45. The lowest BCUT2D eigenvalue weighted by Crippen LogP contribution is -2.09. The van der Waals surface area contributed by atoms with Gasteiger partial charge in [0, 0.05) is 10.0 Å². The summed E-state index contributed by atoms with van der Waals surface area (Å²) >= 11 is 3.42. The first-order valence-corrected chi connectivity index (χ1v) is 6.41. The molecule has 0 radical (unpaired) electrons. The van der Waals surface area contributed by atoms with Crippen LogP contribution >= 0.6 is 15.9 Å². The molecule has 0 unspecified atom stereocenters. The van der Waals surface area contributed by atoms with Gasteiger partial charge in [-0.05, 0) is 36.6 Å². The van der Waals surface area contributed by atoms with Crippen molar-refractivity contribution in [3.63, 3.8) is 0 Å².